The predicted octanol–water partition coefficient (Wildman–Crippen LogP) is 3.31. The van der Waals surface area contributed by atoms with Gasteiger partial charge in [-0.1, -0.05) is 35.1 Å². The molecule has 1 aromatic carbocycles. The predicted molar refractivity (Wildman–Crippen MR) is 78.2 cm³/mol. The van der Waals surface area contributed by atoms with Crippen LogP contribution in [0.5, 0.6) is 0 Å². The van der Waals surface area contributed by atoms with Crippen LogP contribution in [-0.2, 0) is 4.79 Å². The molecule has 0 bridgehead atoms. The minimum absolute atomic E-state index is 0.00886. The summed E-state index contributed by atoms with van der Waals surface area (Å²) < 4.78 is 0. The summed E-state index contributed by atoms with van der Waals surface area (Å²) in [6, 6.07) is 7.65. The maximum absolute atomic E-state index is 11.8. The minimum atomic E-state index is -0.00886. The van der Waals surface area contributed by atoms with E-state index in [1.807, 2.05) is 31.3 Å². The van der Waals surface area contributed by atoms with E-state index in [2.05, 4.69) is 15.6 Å². The Balaban J connectivity index is 2.07. The summed E-state index contributed by atoms with van der Waals surface area (Å²) in [4.78, 5) is 17.2. The van der Waals surface area contributed by atoms with Crippen LogP contribution in [0.4, 0.5) is 10.9 Å². The molecule has 0 spiro atoms. The Labute approximate surface area is 119 Å². The number of amides is 1. The molecule has 98 valence electrons. The Bertz CT molecular complexity index is 641. The second-order valence-electron chi connectivity index (χ2n) is 4.34. The average molecular weight is 294 g/mol. The SMILES string of the molecule is CNc1nc2c(s1)[C@H](c1cccc(Cl)c1)CC(=O)N2. The molecular formula is C13H12ClN3OS. The van der Waals surface area contributed by atoms with Crippen molar-refractivity contribution in [3.63, 3.8) is 0 Å². The topological polar surface area (TPSA) is 54.0 Å². The van der Waals surface area contributed by atoms with Crippen LogP contribution in [0.2, 0.25) is 5.02 Å². The first-order chi connectivity index (χ1) is 9.17. The van der Waals surface area contributed by atoms with Crippen LogP contribution in [0.1, 0.15) is 22.8 Å². The Morgan fingerprint density at radius 2 is 2.37 bits per heavy atom. The molecule has 3 rings (SSSR count). The first-order valence-electron chi connectivity index (χ1n) is 5.91. The standard InChI is InChI=1S/C13H12ClN3OS/c1-15-13-17-12-11(19-13)9(6-10(18)16-12)7-3-2-4-8(14)5-7/h2-5,9H,6H2,1H3,(H,15,17)(H,16,18)/t9-/m0/s1. The van der Waals surface area contributed by atoms with Gasteiger partial charge in [0, 0.05) is 24.4 Å². The van der Waals surface area contributed by atoms with Crippen molar-refractivity contribution in [3.8, 4) is 0 Å². The van der Waals surface area contributed by atoms with Gasteiger partial charge in [-0.05, 0) is 17.7 Å². The summed E-state index contributed by atoms with van der Waals surface area (Å²) in [7, 11) is 1.82. The highest BCUT2D eigenvalue weighted by Crippen LogP contribution is 2.42. The van der Waals surface area contributed by atoms with Gasteiger partial charge in [-0.25, -0.2) is 4.98 Å². The van der Waals surface area contributed by atoms with E-state index in [4.69, 9.17) is 11.6 Å². The fourth-order valence-corrected chi connectivity index (χ4v) is 3.42. The van der Waals surface area contributed by atoms with Crippen LogP contribution in [0.25, 0.3) is 0 Å². The van der Waals surface area contributed by atoms with Crippen molar-refractivity contribution in [3.05, 3.63) is 39.7 Å². The molecule has 2 N–H and O–H groups in total. The highest BCUT2D eigenvalue weighted by atomic mass is 35.5. The lowest BCUT2D eigenvalue weighted by Crippen LogP contribution is -2.22. The second kappa shape index (κ2) is 4.83. The van der Waals surface area contributed by atoms with Crippen molar-refractivity contribution in [1.29, 1.82) is 0 Å². The number of nitrogens with one attached hydrogen (secondary N) is 2. The molecular weight excluding hydrogens is 282 g/mol. The molecule has 0 unspecified atom stereocenters. The van der Waals surface area contributed by atoms with Gasteiger partial charge in [-0.2, -0.15) is 0 Å². The van der Waals surface area contributed by atoms with Gasteiger partial charge in [0.15, 0.2) is 5.13 Å². The third-order valence-corrected chi connectivity index (χ3v) is 4.50. The van der Waals surface area contributed by atoms with Crippen molar-refractivity contribution in [2.75, 3.05) is 17.7 Å². The Morgan fingerprint density at radius 1 is 1.53 bits per heavy atom. The lowest BCUT2D eigenvalue weighted by atomic mass is 9.92. The van der Waals surface area contributed by atoms with Gasteiger partial charge in [-0.15, -0.1) is 0 Å². The van der Waals surface area contributed by atoms with Crippen molar-refractivity contribution in [2.24, 2.45) is 0 Å². The molecule has 6 heteroatoms. The number of nitrogens with zero attached hydrogens (tertiary/aromatic N) is 1. The molecule has 1 aromatic heterocycles. The van der Waals surface area contributed by atoms with E-state index in [9.17, 15) is 4.79 Å². The van der Waals surface area contributed by atoms with Crippen molar-refractivity contribution < 1.29 is 4.79 Å². The number of carbonyl (C=O) groups is 1. The molecule has 0 fully saturated rings. The van der Waals surface area contributed by atoms with Crippen molar-refractivity contribution >= 4 is 39.8 Å². The molecule has 0 saturated heterocycles. The van der Waals surface area contributed by atoms with Gasteiger partial charge >= 0.3 is 0 Å². The zero-order chi connectivity index (χ0) is 13.4. The van der Waals surface area contributed by atoms with Gasteiger partial charge < -0.3 is 10.6 Å². The molecule has 2 heterocycles. The summed E-state index contributed by atoms with van der Waals surface area (Å²) in [6.45, 7) is 0. The third-order valence-electron chi connectivity index (χ3n) is 3.08. The normalized spacial score (nSPS) is 17.8. The maximum Gasteiger partial charge on any atom is 0.226 e. The van der Waals surface area contributed by atoms with Gasteiger partial charge in [0.2, 0.25) is 5.91 Å². The van der Waals surface area contributed by atoms with Gasteiger partial charge in [0.1, 0.15) is 5.82 Å². The molecule has 4 nitrogen and oxygen atoms in total. The number of carbonyl (C=O) groups excluding carboxylic acids is 1. The highest BCUT2D eigenvalue weighted by molar-refractivity contribution is 7.16. The summed E-state index contributed by atoms with van der Waals surface area (Å²) in [5.74, 6) is 0.683. The Hall–Kier alpha value is -1.59. The van der Waals surface area contributed by atoms with Crippen molar-refractivity contribution in [1.82, 2.24) is 4.98 Å². The first kappa shape index (κ1) is 12.4. The van der Waals surface area contributed by atoms with Crippen LogP contribution >= 0.6 is 22.9 Å². The number of halogens is 1. The van der Waals surface area contributed by atoms with E-state index >= 15 is 0 Å². The number of benzene rings is 1. The Kier molecular flexibility index (Phi) is 3.16. The van der Waals surface area contributed by atoms with E-state index < -0.39 is 0 Å². The van der Waals surface area contributed by atoms with Gasteiger partial charge in [0.05, 0.1) is 4.88 Å². The van der Waals surface area contributed by atoms with E-state index in [1.165, 1.54) is 0 Å². The van der Waals surface area contributed by atoms with E-state index in [0.29, 0.717) is 17.3 Å². The average Bonchev–Trinajstić information content (AvgIpc) is 2.80. The summed E-state index contributed by atoms with van der Waals surface area (Å²) in [6.07, 6.45) is 0.429. The number of hydrogen-bond donors (Lipinski definition) is 2. The largest absolute Gasteiger partial charge is 0.365 e. The Morgan fingerprint density at radius 3 is 3.11 bits per heavy atom. The lowest BCUT2D eigenvalue weighted by molar-refractivity contribution is -0.116. The summed E-state index contributed by atoms with van der Waals surface area (Å²) in [5.41, 5.74) is 1.05. The fourth-order valence-electron chi connectivity index (χ4n) is 2.22. The highest BCUT2D eigenvalue weighted by Gasteiger charge is 2.30. The number of rotatable bonds is 2. The smallest absolute Gasteiger partial charge is 0.226 e. The van der Waals surface area contributed by atoms with Crippen LogP contribution in [-0.4, -0.2) is 17.9 Å². The number of aromatic nitrogens is 1. The number of thiazole rings is 1. The van der Waals surface area contributed by atoms with Crippen LogP contribution in [0.15, 0.2) is 24.3 Å². The summed E-state index contributed by atoms with van der Waals surface area (Å²) >= 11 is 7.60. The van der Waals surface area contributed by atoms with Crippen LogP contribution < -0.4 is 10.6 Å². The van der Waals surface area contributed by atoms with Crippen LogP contribution in [0.3, 0.4) is 0 Å². The minimum Gasteiger partial charge on any atom is -0.365 e. The zero-order valence-corrected chi connectivity index (χ0v) is 11.8. The van der Waals surface area contributed by atoms with E-state index in [-0.39, 0.29) is 11.8 Å². The molecule has 19 heavy (non-hydrogen) atoms. The van der Waals surface area contributed by atoms with Crippen LogP contribution in [0, 0.1) is 0 Å². The first-order valence-corrected chi connectivity index (χ1v) is 7.10. The number of fused-ring (bicyclic) bond motifs is 1. The van der Waals surface area contributed by atoms with E-state index in [0.717, 1.165) is 15.6 Å². The molecule has 1 aliphatic rings. The second-order valence-corrected chi connectivity index (χ2v) is 5.81. The number of anilines is 2. The third kappa shape index (κ3) is 2.31. The molecule has 1 amide bonds. The van der Waals surface area contributed by atoms with Gasteiger partial charge in [-0.3, -0.25) is 4.79 Å². The molecule has 1 aliphatic heterocycles. The summed E-state index contributed by atoms with van der Waals surface area (Å²) in [5, 5.41) is 7.32. The fraction of sp³-hybridized carbons (Fsp3) is 0.231. The maximum atomic E-state index is 11.8. The van der Waals surface area contributed by atoms with Crippen molar-refractivity contribution in [2.45, 2.75) is 12.3 Å². The molecule has 0 aliphatic carbocycles. The monoisotopic (exact) mass is 293 g/mol. The van der Waals surface area contributed by atoms with Gasteiger partial charge in [0.25, 0.3) is 0 Å². The molecule has 1 atom stereocenters. The number of hydrogen-bond acceptors (Lipinski definition) is 4. The molecule has 2 aromatic rings. The lowest BCUT2D eigenvalue weighted by Gasteiger charge is -2.21. The van der Waals surface area contributed by atoms with E-state index in [1.54, 1.807) is 11.3 Å². The zero-order valence-electron chi connectivity index (χ0n) is 10.2. The molecule has 0 saturated carbocycles. The quantitative estimate of drug-likeness (QED) is 0.893. The molecule has 0 radical (unpaired) electrons.